The predicted molar refractivity (Wildman–Crippen MR) is 146 cm³/mol. The number of aryl methyl sites for hydroxylation is 1. The second-order valence-electron chi connectivity index (χ2n) is 9.66. The largest absolute Gasteiger partial charge is 0.497 e. The van der Waals surface area contributed by atoms with Crippen LogP contribution in [0.3, 0.4) is 0 Å². The van der Waals surface area contributed by atoms with Gasteiger partial charge in [-0.25, -0.2) is 4.68 Å². The Kier molecular flexibility index (Phi) is 7.62. The minimum absolute atomic E-state index is 0.0195. The third kappa shape index (κ3) is 5.35. The van der Waals surface area contributed by atoms with Gasteiger partial charge in [-0.05, 0) is 68.8 Å². The van der Waals surface area contributed by atoms with Crippen LogP contribution in [0.15, 0.2) is 79.4 Å². The zero-order chi connectivity index (χ0) is 26.6. The molecule has 7 nitrogen and oxygen atoms in total. The fraction of sp³-hybridized carbons (Fsp3) is 0.300. The van der Waals surface area contributed by atoms with E-state index in [4.69, 9.17) is 9.84 Å². The molecule has 1 aromatic heterocycles. The lowest BCUT2D eigenvalue weighted by molar-refractivity contribution is 0.0166. The molecule has 1 aliphatic rings. The van der Waals surface area contributed by atoms with E-state index >= 15 is 0 Å². The first-order chi connectivity index (χ1) is 17.8. The lowest BCUT2D eigenvalue weighted by atomic mass is 9.97. The SMILES string of the molecule is C=C/C=C(/c1ccc(OC)cc1)n1nc(C(=O)N2CCN(C(=O)c3ccccc3)C(C)(C)C2)cc1CC. The number of nitrogens with zero attached hydrogens (tertiary/aromatic N) is 4. The number of ether oxygens (including phenoxy) is 1. The van der Waals surface area contributed by atoms with Crippen LogP contribution in [-0.2, 0) is 6.42 Å². The average Bonchev–Trinajstić information content (AvgIpc) is 3.35. The van der Waals surface area contributed by atoms with Crippen molar-refractivity contribution in [1.29, 1.82) is 0 Å². The van der Waals surface area contributed by atoms with Crippen LogP contribution in [0, 0.1) is 0 Å². The molecule has 3 aromatic rings. The summed E-state index contributed by atoms with van der Waals surface area (Å²) in [6.07, 6.45) is 4.31. The van der Waals surface area contributed by atoms with Crippen molar-refractivity contribution in [3.63, 3.8) is 0 Å². The van der Waals surface area contributed by atoms with Crippen molar-refractivity contribution in [3.05, 3.63) is 102 Å². The van der Waals surface area contributed by atoms with E-state index in [1.54, 1.807) is 18.1 Å². The monoisotopic (exact) mass is 498 g/mol. The zero-order valence-corrected chi connectivity index (χ0v) is 22.0. The van der Waals surface area contributed by atoms with Crippen LogP contribution < -0.4 is 4.74 Å². The van der Waals surface area contributed by atoms with Crippen LogP contribution >= 0.6 is 0 Å². The van der Waals surface area contributed by atoms with E-state index in [2.05, 4.69) is 6.58 Å². The van der Waals surface area contributed by atoms with Crippen molar-refractivity contribution in [2.75, 3.05) is 26.7 Å². The molecule has 0 N–H and O–H groups in total. The third-order valence-electron chi connectivity index (χ3n) is 6.71. The number of allylic oxidation sites excluding steroid dienone is 2. The van der Waals surface area contributed by atoms with Gasteiger partial charge >= 0.3 is 0 Å². The maximum atomic E-state index is 13.6. The average molecular weight is 499 g/mol. The Morgan fingerprint density at radius 2 is 1.73 bits per heavy atom. The van der Waals surface area contributed by atoms with E-state index in [0.29, 0.717) is 37.3 Å². The molecule has 0 atom stereocenters. The molecule has 0 bridgehead atoms. The van der Waals surface area contributed by atoms with Gasteiger partial charge < -0.3 is 14.5 Å². The standard InChI is InChI=1S/C30H34N4O3/c1-6-11-27(22-14-16-25(37-5)17-15-22)34-24(7-2)20-26(31-34)29(36)32-18-19-33(30(3,4)21-32)28(35)23-12-9-8-10-13-23/h6,8-17,20H,1,7,18-19,21H2,2-5H3/b27-11-. The molecule has 1 aliphatic heterocycles. The van der Waals surface area contributed by atoms with Crippen LogP contribution in [0.4, 0.5) is 0 Å². The Morgan fingerprint density at radius 3 is 2.32 bits per heavy atom. The number of methoxy groups -OCH3 is 1. The number of benzene rings is 2. The molecule has 0 spiro atoms. The molecule has 0 radical (unpaired) electrons. The number of carbonyl (C=O) groups excluding carboxylic acids is 2. The Balaban J connectivity index is 1.58. The van der Waals surface area contributed by atoms with Gasteiger partial charge in [0, 0.05) is 36.5 Å². The zero-order valence-electron chi connectivity index (χ0n) is 22.0. The highest BCUT2D eigenvalue weighted by Crippen LogP contribution is 2.26. The Labute approximate surface area is 218 Å². The molecule has 0 aliphatic carbocycles. The minimum Gasteiger partial charge on any atom is -0.497 e. The van der Waals surface area contributed by atoms with E-state index in [0.717, 1.165) is 22.7 Å². The van der Waals surface area contributed by atoms with Crippen molar-refractivity contribution in [2.24, 2.45) is 0 Å². The summed E-state index contributed by atoms with van der Waals surface area (Å²) in [5, 5.41) is 4.74. The van der Waals surface area contributed by atoms with Gasteiger partial charge in [0.2, 0.25) is 0 Å². The van der Waals surface area contributed by atoms with Gasteiger partial charge in [0.05, 0.1) is 18.3 Å². The molecular weight excluding hydrogens is 464 g/mol. The van der Waals surface area contributed by atoms with Gasteiger partial charge in [-0.2, -0.15) is 5.10 Å². The summed E-state index contributed by atoms with van der Waals surface area (Å²) >= 11 is 0. The normalized spacial score (nSPS) is 15.4. The molecule has 1 fully saturated rings. The van der Waals surface area contributed by atoms with E-state index < -0.39 is 5.54 Å². The van der Waals surface area contributed by atoms with Crippen LogP contribution in [-0.4, -0.2) is 63.7 Å². The highest BCUT2D eigenvalue weighted by Gasteiger charge is 2.39. The highest BCUT2D eigenvalue weighted by atomic mass is 16.5. The molecule has 2 heterocycles. The summed E-state index contributed by atoms with van der Waals surface area (Å²) in [7, 11) is 1.63. The lowest BCUT2D eigenvalue weighted by Crippen LogP contribution is -2.62. The number of carbonyl (C=O) groups is 2. The van der Waals surface area contributed by atoms with Crippen LogP contribution in [0.2, 0.25) is 0 Å². The van der Waals surface area contributed by atoms with Gasteiger partial charge in [0.1, 0.15) is 5.75 Å². The Morgan fingerprint density at radius 1 is 1.03 bits per heavy atom. The number of amides is 2. The van der Waals surface area contributed by atoms with Gasteiger partial charge in [0.15, 0.2) is 5.69 Å². The first-order valence-electron chi connectivity index (χ1n) is 12.5. The number of aromatic nitrogens is 2. The fourth-order valence-electron chi connectivity index (χ4n) is 4.75. The maximum Gasteiger partial charge on any atom is 0.274 e. The number of piperazine rings is 1. The molecule has 4 rings (SSSR count). The van der Waals surface area contributed by atoms with Crippen LogP contribution in [0.5, 0.6) is 5.75 Å². The smallest absolute Gasteiger partial charge is 0.274 e. The summed E-state index contributed by atoms with van der Waals surface area (Å²) in [6, 6.07) is 18.8. The molecule has 0 saturated carbocycles. The molecule has 0 unspecified atom stereocenters. The van der Waals surface area contributed by atoms with Crippen molar-refractivity contribution >= 4 is 17.5 Å². The molecule has 2 aromatic carbocycles. The summed E-state index contributed by atoms with van der Waals surface area (Å²) in [4.78, 5) is 30.4. The molecule has 37 heavy (non-hydrogen) atoms. The van der Waals surface area contributed by atoms with Crippen molar-refractivity contribution in [2.45, 2.75) is 32.7 Å². The number of rotatable bonds is 7. The van der Waals surface area contributed by atoms with Gasteiger partial charge in [-0.3, -0.25) is 9.59 Å². The topological polar surface area (TPSA) is 67.7 Å². The molecule has 1 saturated heterocycles. The van der Waals surface area contributed by atoms with E-state index in [-0.39, 0.29) is 11.8 Å². The summed E-state index contributed by atoms with van der Waals surface area (Å²) in [6.45, 7) is 11.2. The van der Waals surface area contributed by atoms with Gasteiger partial charge in [0.25, 0.3) is 11.8 Å². The van der Waals surface area contributed by atoms with Crippen LogP contribution in [0.1, 0.15) is 52.9 Å². The maximum absolute atomic E-state index is 13.6. The third-order valence-corrected chi connectivity index (χ3v) is 6.71. The lowest BCUT2D eigenvalue weighted by Gasteiger charge is -2.47. The summed E-state index contributed by atoms with van der Waals surface area (Å²) in [5.74, 6) is 0.608. The van der Waals surface area contributed by atoms with Gasteiger partial charge in [-0.15, -0.1) is 0 Å². The Hall–Kier alpha value is -4.13. The molecule has 2 amide bonds. The Bertz CT molecular complexity index is 1310. The first kappa shape index (κ1) is 25.9. The summed E-state index contributed by atoms with van der Waals surface area (Å²) in [5.41, 5.74) is 3.21. The van der Waals surface area contributed by atoms with E-state index in [1.165, 1.54) is 0 Å². The fourth-order valence-corrected chi connectivity index (χ4v) is 4.75. The quantitative estimate of drug-likeness (QED) is 0.434. The first-order valence-corrected chi connectivity index (χ1v) is 12.5. The minimum atomic E-state index is -0.520. The second-order valence-corrected chi connectivity index (χ2v) is 9.66. The van der Waals surface area contributed by atoms with Crippen molar-refractivity contribution < 1.29 is 14.3 Å². The van der Waals surface area contributed by atoms with Crippen LogP contribution in [0.25, 0.3) is 5.70 Å². The van der Waals surface area contributed by atoms with E-state index in [1.807, 2.05) is 97.1 Å². The number of hydrogen-bond donors (Lipinski definition) is 0. The van der Waals surface area contributed by atoms with E-state index in [9.17, 15) is 9.59 Å². The number of hydrogen-bond acceptors (Lipinski definition) is 4. The van der Waals surface area contributed by atoms with Crippen molar-refractivity contribution in [3.8, 4) is 5.75 Å². The molecule has 7 heteroatoms. The second kappa shape index (κ2) is 10.9. The summed E-state index contributed by atoms with van der Waals surface area (Å²) < 4.78 is 7.11. The highest BCUT2D eigenvalue weighted by molar-refractivity contribution is 5.96. The predicted octanol–water partition coefficient (Wildman–Crippen LogP) is 4.91. The van der Waals surface area contributed by atoms with Gasteiger partial charge in [-0.1, -0.05) is 37.8 Å². The molecular formula is C30H34N4O3. The molecule has 192 valence electrons. The van der Waals surface area contributed by atoms with Crippen molar-refractivity contribution in [1.82, 2.24) is 19.6 Å².